The number of allylic oxidation sites excluding steroid dienone is 1. The third-order valence-corrected chi connectivity index (χ3v) is 1.30. The normalized spacial score (nSPS) is 11.4. The van der Waals surface area contributed by atoms with Gasteiger partial charge in [0, 0.05) is 11.5 Å². The summed E-state index contributed by atoms with van der Waals surface area (Å²) < 4.78 is 0. The molecule has 0 bridgehead atoms. The van der Waals surface area contributed by atoms with Crippen LogP contribution in [0.25, 0.3) is 0 Å². The first kappa shape index (κ1) is 11.7. The smallest absolute Gasteiger partial charge is 0.262 e. The number of amides is 2. The predicted molar refractivity (Wildman–Crippen MR) is 50.6 cm³/mol. The van der Waals surface area contributed by atoms with Crippen LogP contribution in [0.2, 0.25) is 0 Å². The fraction of sp³-hybridized carbons (Fsp3) is 0.556. The molecule has 0 atom stereocenters. The predicted octanol–water partition coefficient (Wildman–Crippen LogP) is 0.756. The lowest BCUT2D eigenvalue weighted by Gasteiger charge is -2.17. The maximum Gasteiger partial charge on any atom is 0.262 e. The zero-order chi connectivity index (χ0) is 10.5. The van der Waals surface area contributed by atoms with Crippen LogP contribution in [0.3, 0.4) is 0 Å². The van der Waals surface area contributed by atoms with Gasteiger partial charge in [-0.2, -0.15) is 0 Å². The summed E-state index contributed by atoms with van der Waals surface area (Å²) in [6.07, 6.45) is 2.93. The average molecular weight is 184 g/mol. The summed E-state index contributed by atoms with van der Waals surface area (Å²) in [6, 6.07) is 0. The van der Waals surface area contributed by atoms with Crippen LogP contribution in [0.15, 0.2) is 12.2 Å². The van der Waals surface area contributed by atoms with E-state index in [0.717, 1.165) is 0 Å². The number of hydrogen-bond donors (Lipinski definition) is 2. The van der Waals surface area contributed by atoms with Crippen LogP contribution < -0.4 is 10.9 Å². The molecule has 0 heterocycles. The summed E-state index contributed by atoms with van der Waals surface area (Å²) in [5.41, 5.74) is 4.09. The standard InChI is InChI=1S/C9H16N2O2/c1-5-6-7(12)10-11-8(13)9(2,3)4/h5-6H,1-4H3,(H,10,12)(H,11,13)/b6-5+. The lowest BCUT2D eigenvalue weighted by molar-refractivity contribution is -0.132. The molecule has 0 aliphatic carbocycles. The number of carbonyl (C=O) groups is 2. The van der Waals surface area contributed by atoms with E-state index in [0.29, 0.717) is 0 Å². The maximum atomic E-state index is 11.2. The Bertz CT molecular complexity index is 226. The second-order valence-electron chi connectivity index (χ2n) is 3.69. The molecule has 0 aromatic carbocycles. The van der Waals surface area contributed by atoms with Crippen molar-refractivity contribution in [2.75, 3.05) is 0 Å². The molecule has 13 heavy (non-hydrogen) atoms. The quantitative estimate of drug-likeness (QED) is 0.467. The third kappa shape index (κ3) is 5.00. The van der Waals surface area contributed by atoms with Gasteiger partial charge in [-0.1, -0.05) is 26.8 Å². The molecule has 2 amide bonds. The zero-order valence-electron chi connectivity index (χ0n) is 8.47. The van der Waals surface area contributed by atoms with Crippen LogP contribution >= 0.6 is 0 Å². The van der Waals surface area contributed by atoms with Crippen LogP contribution in [0.1, 0.15) is 27.7 Å². The van der Waals surface area contributed by atoms with Crippen LogP contribution in [-0.4, -0.2) is 11.8 Å². The van der Waals surface area contributed by atoms with Crippen molar-refractivity contribution in [1.29, 1.82) is 0 Å². The van der Waals surface area contributed by atoms with Crippen molar-refractivity contribution in [2.45, 2.75) is 27.7 Å². The lowest BCUT2D eigenvalue weighted by Crippen LogP contribution is -2.46. The number of hydrazine groups is 1. The van der Waals surface area contributed by atoms with E-state index in [1.807, 2.05) is 0 Å². The van der Waals surface area contributed by atoms with Gasteiger partial charge in [-0.15, -0.1) is 0 Å². The van der Waals surface area contributed by atoms with Crippen molar-refractivity contribution in [3.63, 3.8) is 0 Å². The highest BCUT2D eigenvalue weighted by atomic mass is 16.2. The van der Waals surface area contributed by atoms with E-state index in [1.54, 1.807) is 33.8 Å². The summed E-state index contributed by atoms with van der Waals surface area (Å²) in [7, 11) is 0. The molecule has 4 heteroatoms. The van der Waals surface area contributed by atoms with Crippen LogP contribution in [0, 0.1) is 5.41 Å². The van der Waals surface area contributed by atoms with Gasteiger partial charge in [0.25, 0.3) is 5.91 Å². The molecule has 0 saturated carbocycles. The summed E-state index contributed by atoms with van der Waals surface area (Å²) in [5, 5.41) is 0. The number of hydrogen-bond acceptors (Lipinski definition) is 2. The molecule has 0 saturated heterocycles. The van der Waals surface area contributed by atoms with Gasteiger partial charge < -0.3 is 0 Å². The van der Waals surface area contributed by atoms with Gasteiger partial charge in [0.05, 0.1) is 0 Å². The number of nitrogens with one attached hydrogen (secondary N) is 2. The molecule has 0 aromatic rings. The maximum absolute atomic E-state index is 11.2. The molecule has 0 spiro atoms. The molecule has 4 nitrogen and oxygen atoms in total. The molecule has 0 unspecified atom stereocenters. The van der Waals surface area contributed by atoms with Crippen LogP contribution in [-0.2, 0) is 9.59 Å². The minimum absolute atomic E-state index is 0.217. The van der Waals surface area contributed by atoms with E-state index in [1.165, 1.54) is 6.08 Å². The molecular weight excluding hydrogens is 168 g/mol. The first-order valence-electron chi connectivity index (χ1n) is 4.11. The highest BCUT2D eigenvalue weighted by Crippen LogP contribution is 2.11. The highest BCUT2D eigenvalue weighted by molar-refractivity contribution is 5.90. The second kappa shape index (κ2) is 4.64. The Kier molecular flexibility index (Phi) is 4.17. The van der Waals surface area contributed by atoms with Crippen LogP contribution in [0.4, 0.5) is 0 Å². The van der Waals surface area contributed by atoms with Crippen molar-refractivity contribution in [3.8, 4) is 0 Å². The topological polar surface area (TPSA) is 58.2 Å². The minimum Gasteiger partial charge on any atom is -0.273 e. The van der Waals surface area contributed by atoms with Crippen molar-refractivity contribution in [3.05, 3.63) is 12.2 Å². The van der Waals surface area contributed by atoms with E-state index < -0.39 is 5.41 Å². The molecule has 0 aliphatic rings. The lowest BCUT2D eigenvalue weighted by atomic mass is 9.96. The molecule has 74 valence electrons. The van der Waals surface area contributed by atoms with E-state index in [-0.39, 0.29) is 11.8 Å². The average Bonchev–Trinajstić information content (AvgIpc) is 1.99. The van der Waals surface area contributed by atoms with Crippen molar-refractivity contribution in [2.24, 2.45) is 5.41 Å². The second-order valence-corrected chi connectivity index (χ2v) is 3.69. The fourth-order valence-corrected chi connectivity index (χ4v) is 0.499. The van der Waals surface area contributed by atoms with Crippen molar-refractivity contribution in [1.82, 2.24) is 10.9 Å². The Morgan fingerprint density at radius 2 is 1.69 bits per heavy atom. The molecule has 0 fully saturated rings. The Labute approximate surface area is 78.4 Å². The van der Waals surface area contributed by atoms with E-state index in [4.69, 9.17) is 0 Å². The van der Waals surface area contributed by atoms with Gasteiger partial charge >= 0.3 is 0 Å². The van der Waals surface area contributed by atoms with Gasteiger partial charge in [-0.05, 0) is 6.92 Å². The van der Waals surface area contributed by atoms with Crippen molar-refractivity contribution < 1.29 is 9.59 Å². The van der Waals surface area contributed by atoms with Gasteiger partial charge in [0.15, 0.2) is 0 Å². The first-order valence-corrected chi connectivity index (χ1v) is 4.11. The van der Waals surface area contributed by atoms with E-state index in [2.05, 4.69) is 10.9 Å². The first-order chi connectivity index (χ1) is 5.88. The fourth-order valence-electron chi connectivity index (χ4n) is 0.499. The Balaban J connectivity index is 3.91. The van der Waals surface area contributed by atoms with Gasteiger partial charge in [0.2, 0.25) is 5.91 Å². The molecular formula is C9H16N2O2. The number of carbonyl (C=O) groups excluding carboxylic acids is 2. The molecule has 2 N–H and O–H groups in total. The molecule has 0 radical (unpaired) electrons. The Morgan fingerprint density at radius 3 is 2.08 bits per heavy atom. The summed E-state index contributed by atoms with van der Waals surface area (Å²) in [6.45, 7) is 7.03. The van der Waals surface area contributed by atoms with E-state index >= 15 is 0 Å². The zero-order valence-corrected chi connectivity index (χ0v) is 8.47. The minimum atomic E-state index is -0.497. The SMILES string of the molecule is C/C=C/C(=O)NNC(=O)C(C)(C)C. The number of rotatable bonds is 1. The summed E-state index contributed by atoms with van der Waals surface area (Å²) in [4.78, 5) is 22.1. The largest absolute Gasteiger partial charge is 0.273 e. The van der Waals surface area contributed by atoms with Gasteiger partial charge in [0.1, 0.15) is 0 Å². The summed E-state index contributed by atoms with van der Waals surface area (Å²) in [5.74, 6) is -0.551. The monoisotopic (exact) mass is 184 g/mol. The highest BCUT2D eigenvalue weighted by Gasteiger charge is 2.20. The van der Waals surface area contributed by atoms with Crippen LogP contribution in [0.5, 0.6) is 0 Å². The molecule has 0 aliphatic heterocycles. The van der Waals surface area contributed by atoms with E-state index in [9.17, 15) is 9.59 Å². The summed E-state index contributed by atoms with van der Waals surface area (Å²) >= 11 is 0. The Hall–Kier alpha value is -1.32. The van der Waals surface area contributed by atoms with Gasteiger partial charge in [-0.3, -0.25) is 20.4 Å². The third-order valence-electron chi connectivity index (χ3n) is 1.30. The van der Waals surface area contributed by atoms with Crippen molar-refractivity contribution >= 4 is 11.8 Å². The van der Waals surface area contributed by atoms with Gasteiger partial charge in [-0.25, -0.2) is 0 Å². The molecule has 0 rings (SSSR count). The Morgan fingerprint density at radius 1 is 1.15 bits per heavy atom. The molecule has 0 aromatic heterocycles.